The molecule has 3 heterocycles. The van der Waals surface area contributed by atoms with Crippen molar-refractivity contribution in [2.45, 2.75) is 60.9 Å². The first-order chi connectivity index (χ1) is 17.8. The molecule has 0 aliphatic carbocycles. The van der Waals surface area contributed by atoms with Crippen LogP contribution in [-0.4, -0.2) is 70.2 Å². The molecule has 37 heavy (non-hydrogen) atoms. The zero-order valence-corrected chi connectivity index (χ0v) is 23.8. The van der Waals surface area contributed by atoms with Gasteiger partial charge in [-0.25, -0.2) is 4.98 Å². The fraction of sp³-hybridized carbons (Fsp3) is 0.448. The Bertz CT molecular complexity index is 1070. The number of rotatable bonds is 6. The normalized spacial score (nSPS) is 14.6. The van der Waals surface area contributed by atoms with Gasteiger partial charge in [-0.1, -0.05) is 79.3 Å². The van der Waals surface area contributed by atoms with Crippen molar-refractivity contribution in [3.8, 4) is 5.75 Å². The Hall–Kier alpha value is -3.68. The minimum absolute atomic E-state index is 0.178. The van der Waals surface area contributed by atoms with E-state index >= 15 is 0 Å². The van der Waals surface area contributed by atoms with Crippen LogP contribution in [-0.2, 0) is 9.59 Å². The summed E-state index contributed by atoms with van der Waals surface area (Å²) in [6.45, 7) is 22.2. The number of hydrogen-bond acceptors (Lipinski definition) is 5. The fourth-order valence-corrected chi connectivity index (χ4v) is 3.60. The van der Waals surface area contributed by atoms with Gasteiger partial charge in [0, 0.05) is 43.6 Å². The number of fused-ring (bicyclic) bond motifs is 1. The molecule has 1 aliphatic heterocycles. The monoisotopic (exact) mass is 512 g/mol. The van der Waals surface area contributed by atoms with Gasteiger partial charge in [-0.15, -0.1) is 0 Å². The lowest BCUT2D eigenvalue weighted by Gasteiger charge is -2.39. The van der Waals surface area contributed by atoms with Gasteiger partial charge >= 0.3 is 0 Å². The van der Waals surface area contributed by atoms with Gasteiger partial charge in [0.2, 0.25) is 0 Å². The predicted molar refractivity (Wildman–Crippen MR) is 152 cm³/mol. The van der Waals surface area contributed by atoms with E-state index in [1.165, 1.54) is 36.8 Å². The van der Waals surface area contributed by atoms with E-state index in [0.29, 0.717) is 35.4 Å². The molecule has 0 bridgehead atoms. The zero-order chi connectivity index (χ0) is 28.5. The molecular weight excluding hydrogens is 468 g/mol. The molecule has 8 heteroatoms. The van der Waals surface area contributed by atoms with Gasteiger partial charge in [-0.05, 0) is 13.0 Å². The largest absolute Gasteiger partial charge is 0.496 e. The van der Waals surface area contributed by atoms with Gasteiger partial charge in [-0.2, -0.15) is 0 Å². The van der Waals surface area contributed by atoms with Crippen LogP contribution < -0.4 is 4.74 Å². The van der Waals surface area contributed by atoms with E-state index < -0.39 is 11.7 Å². The first-order valence-electron chi connectivity index (χ1n) is 12.9. The summed E-state index contributed by atoms with van der Waals surface area (Å²) in [5.74, 6) is -0.973. The van der Waals surface area contributed by atoms with Crippen LogP contribution >= 0.6 is 0 Å². The molecule has 1 N–H and O–H groups in total. The Kier molecular flexibility index (Phi) is 15.9. The number of carbonyl (C=O) groups is 3. The van der Waals surface area contributed by atoms with Crippen molar-refractivity contribution < 1.29 is 19.1 Å². The molecule has 2 amide bonds. The molecule has 0 aromatic carbocycles. The second-order valence-corrected chi connectivity index (χ2v) is 7.64. The molecule has 204 valence electrons. The van der Waals surface area contributed by atoms with Crippen molar-refractivity contribution in [1.82, 2.24) is 19.8 Å². The highest BCUT2D eigenvalue weighted by molar-refractivity contribution is 6.45. The lowest BCUT2D eigenvalue weighted by Crippen LogP contribution is -2.57. The molecule has 3 rings (SSSR count). The van der Waals surface area contributed by atoms with Crippen molar-refractivity contribution in [1.29, 1.82) is 0 Å². The minimum atomic E-state index is -0.641. The molecule has 0 unspecified atom stereocenters. The number of aromatic nitrogens is 2. The summed E-state index contributed by atoms with van der Waals surface area (Å²) in [5.41, 5.74) is 1.12. The summed E-state index contributed by atoms with van der Waals surface area (Å²) in [6, 6.07) is 1.32. The number of methoxy groups -OCH3 is 1. The van der Waals surface area contributed by atoms with Gasteiger partial charge in [0.25, 0.3) is 17.6 Å². The molecule has 8 nitrogen and oxygen atoms in total. The van der Waals surface area contributed by atoms with E-state index in [0.717, 1.165) is 0 Å². The van der Waals surface area contributed by atoms with Crippen molar-refractivity contribution in [3.05, 3.63) is 61.0 Å². The van der Waals surface area contributed by atoms with E-state index in [2.05, 4.69) is 37.0 Å². The second-order valence-electron chi connectivity index (χ2n) is 7.64. The molecule has 0 saturated carbocycles. The van der Waals surface area contributed by atoms with Crippen molar-refractivity contribution in [2.75, 3.05) is 26.7 Å². The number of nitrogens with zero attached hydrogens (tertiary/aromatic N) is 3. The standard InChI is InChI=1S/C22H24N4O4.C3H8.2C2H6/c1-5-7-15(6-2)21(28)25-10-11-26(14(3)13-25)22(29)19(27)16-12-24-20-18(16)17(30-4)8-9-23-20;1-3-2;2*1-2/h5-9,12,14H,1-2,10-11,13H2,3-4H3,(H,23,24);3H2,1-2H3;2*1-2H3/b15-7+;;;/t14-;;;/m1.../s1. The van der Waals surface area contributed by atoms with Crippen LogP contribution in [0, 0.1) is 0 Å². The first kappa shape index (κ1) is 33.3. The zero-order valence-electron chi connectivity index (χ0n) is 23.8. The van der Waals surface area contributed by atoms with Crippen molar-refractivity contribution in [3.63, 3.8) is 0 Å². The van der Waals surface area contributed by atoms with Crippen LogP contribution in [0.2, 0.25) is 0 Å². The average Bonchev–Trinajstić information content (AvgIpc) is 3.37. The van der Waals surface area contributed by atoms with E-state index in [4.69, 9.17) is 4.74 Å². The van der Waals surface area contributed by atoms with E-state index in [9.17, 15) is 14.4 Å². The molecular formula is C29H44N4O4. The lowest BCUT2D eigenvalue weighted by molar-refractivity contribution is -0.137. The predicted octanol–water partition coefficient (Wildman–Crippen LogP) is 5.58. The number of aromatic amines is 1. The smallest absolute Gasteiger partial charge is 0.295 e. The van der Waals surface area contributed by atoms with Gasteiger partial charge in [-0.3, -0.25) is 14.4 Å². The number of amides is 2. The van der Waals surface area contributed by atoms with Crippen LogP contribution in [0.1, 0.15) is 65.2 Å². The first-order valence-corrected chi connectivity index (χ1v) is 12.9. The van der Waals surface area contributed by atoms with Crippen LogP contribution in [0.4, 0.5) is 0 Å². The van der Waals surface area contributed by atoms with E-state index in [1.807, 2.05) is 34.6 Å². The average molecular weight is 513 g/mol. The SMILES string of the molecule is C=C/C=C(\C=C)C(=O)N1CCN(C(=O)C(=O)c2c[nH]c3nccc(OC)c23)[C@H](C)C1.CC.CC.CCC. The van der Waals surface area contributed by atoms with Crippen LogP contribution in [0.15, 0.2) is 55.4 Å². The maximum absolute atomic E-state index is 13.0. The van der Waals surface area contributed by atoms with E-state index in [-0.39, 0.29) is 24.1 Å². The molecule has 2 aromatic rings. The topological polar surface area (TPSA) is 95.6 Å². The Morgan fingerprint density at radius 3 is 2.27 bits per heavy atom. The van der Waals surface area contributed by atoms with Gasteiger partial charge in [0.05, 0.1) is 18.1 Å². The number of hydrogen-bond donors (Lipinski definition) is 1. The highest BCUT2D eigenvalue weighted by atomic mass is 16.5. The Labute approximate surface area is 222 Å². The van der Waals surface area contributed by atoms with Gasteiger partial charge in [0.15, 0.2) is 0 Å². The quantitative estimate of drug-likeness (QED) is 0.236. The molecule has 1 atom stereocenters. The molecule has 1 fully saturated rings. The van der Waals surface area contributed by atoms with Gasteiger partial charge < -0.3 is 19.5 Å². The Morgan fingerprint density at radius 2 is 1.76 bits per heavy atom. The highest BCUT2D eigenvalue weighted by Gasteiger charge is 2.34. The molecule has 1 saturated heterocycles. The number of pyridine rings is 1. The minimum Gasteiger partial charge on any atom is -0.496 e. The molecule has 0 radical (unpaired) electrons. The Morgan fingerprint density at radius 1 is 1.14 bits per heavy atom. The summed E-state index contributed by atoms with van der Waals surface area (Å²) < 4.78 is 5.31. The number of carbonyl (C=O) groups excluding carboxylic acids is 3. The number of ether oxygens (including phenoxy) is 1. The maximum atomic E-state index is 13.0. The number of nitrogens with one attached hydrogen (secondary N) is 1. The summed E-state index contributed by atoms with van der Waals surface area (Å²) in [7, 11) is 1.49. The van der Waals surface area contributed by atoms with Gasteiger partial charge in [0.1, 0.15) is 11.4 Å². The number of Topliss-reactive ketones (excluding diaryl/α,β-unsaturated/α-hetero) is 1. The maximum Gasteiger partial charge on any atom is 0.295 e. The van der Waals surface area contributed by atoms with Crippen molar-refractivity contribution in [2.24, 2.45) is 0 Å². The highest BCUT2D eigenvalue weighted by Crippen LogP contribution is 2.28. The lowest BCUT2D eigenvalue weighted by atomic mass is 10.1. The summed E-state index contributed by atoms with van der Waals surface area (Å²) in [5, 5.41) is 0.477. The third-order valence-electron chi connectivity index (χ3n) is 5.13. The summed E-state index contributed by atoms with van der Waals surface area (Å²) in [4.78, 5) is 48.8. The number of ketones is 1. The fourth-order valence-electron chi connectivity index (χ4n) is 3.60. The third-order valence-corrected chi connectivity index (χ3v) is 5.13. The third kappa shape index (κ3) is 8.44. The molecule has 2 aromatic heterocycles. The number of H-pyrrole nitrogens is 1. The van der Waals surface area contributed by atoms with E-state index in [1.54, 1.807) is 23.2 Å². The number of piperazine rings is 1. The molecule has 0 spiro atoms. The van der Waals surface area contributed by atoms with Crippen LogP contribution in [0.25, 0.3) is 11.0 Å². The van der Waals surface area contributed by atoms with Crippen LogP contribution in [0.5, 0.6) is 5.75 Å². The summed E-state index contributed by atoms with van der Waals surface area (Å²) in [6.07, 6.45) is 8.89. The summed E-state index contributed by atoms with van der Waals surface area (Å²) >= 11 is 0. The second kappa shape index (κ2) is 17.7. The Balaban J connectivity index is 0.00000169. The number of allylic oxidation sites excluding steroid dienone is 2. The molecule has 1 aliphatic rings. The van der Waals surface area contributed by atoms with Crippen LogP contribution in [0.3, 0.4) is 0 Å². The van der Waals surface area contributed by atoms with Crippen molar-refractivity contribution >= 4 is 28.6 Å².